The van der Waals surface area contributed by atoms with E-state index in [1.807, 2.05) is 43.6 Å². The van der Waals surface area contributed by atoms with Gasteiger partial charge in [-0.15, -0.1) is 0 Å². The fourth-order valence-electron chi connectivity index (χ4n) is 4.02. The van der Waals surface area contributed by atoms with Gasteiger partial charge in [0.2, 0.25) is 5.91 Å². The highest BCUT2D eigenvalue weighted by Gasteiger charge is 2.37. The lowest BCUT2D eigenvalue weighted by Gasteiger charge is -2.36. The highest BCUT2D eigenvalue weighted by molar-refractivity contribution is 6.31. The molecule has 1 aliphatic heterocycles. The Labute approximate surface area is 182 Å². The molecule has 1 atom stereocenters. The largest absolute Gasteiger partial charge is 0.330 e. The number of benzene rings is 2. The van der Waals surface area contributed by atoms with Crippen molar-refractivity contribution in [3.63, 3.8) is 0 Å². The number of rotatable bonds is 5. The highest BCUT2D eigenvalue weighted by Crippen LogP contribution is 2.33. The monoisotopic (exact) mass is 422 g/mol. The van der Waals surface area contributed by atoms with E-state index < -0.39 is 6.04 Å². The molecule has 0 fully saturated rings. The molecule has 0 unspecified atom stereocenters. The number of imidazole rings is 1. The van der Waals surface area contributed by atoms with Crippen LogP contribution in [-0.2, 0) is 17.8 Å². The molecule has 0 bridgehead atoms. The Balaban J connectivity index is 1.69. The third kappa shape index (κ3) is 4.13. The standard InChI is InChI=1S/C24H27ClN4O/c1-16(2)29-15-26-21-11-12-28(14-18-7-5-4-6-8-18)23(22(21)29)24(30)27-19-10-9-17(3)20(25)13-19/h4-10,13,15-16,23H,11-12,14H2,1-3H3,(H,27,30)/t23-/m1/s1. The van der Waals surface area contributed by atoms with Crippen LogP contribution >= 0.6 is 11.6 Å². The van der Waals surface area contributed by atoms with Gasteiger partial charge in [-0.05, 0) is 44.0 Å². The van der Waals surface area contributed by atoms with Gasteiger partial charge in [0.1, 0.15) is 6.04 Å². The number of carbonyl (C=O) groups excluding carboxylic acids is 1. The fraction of sp³-hybridized carbons (Fsp3) is 0.333. The molecule has 30 heavy (non-hydrogen) atoms. The minimum atomic E-state index is -0.418. The maximum absolute atomic E-state index is 13.6. The topological polar surface area (TPSA) is 50.2 Å². The molecular formula is C24H27ClN4O. The molecule has 2 aromatic carbocycles. The van der Waals surface area contributed by atoms with Gasteiger partial charge in [0.25, 0.3) is 0 Å². The number of amides is 1. The number of anilines is 1. The Morgan fingerprint density at radius 1 is 1.23 bits per heavy atom. The van der Waals surface area contributed by atoms with Crippen LogP contribution in [0.1, 0.15) is 48.4 Å². The lowest BCUT2D eigenvalue weighted by molar-refractivity contribution is -0.122. The second kappa shape index (κ2) is 8.62. The van der Waals surface area contributed by atoms with Crippen molar-refractivity contribution in [2.24, 2.45) is 0 Å². The summed E-state index contributed by atoms with van der Waals surface area (Å²) in [6.45, 7) is 7.67. The first-order chi connectivity index (χ1) is 14.4. The van der Waals surface area contributed by atoms with E-state index >= 15 is 0 Å². The normalized spacial score (nSPS) is 16.5. The molecule has 1 aliphatic rings. The molecule has 6 heteroatoms. The third-order valence-corrected chi connectivity index (χ3v) is 6.05. The van der Waals surface area contributed by atoms with Crippen LogP contribution in [0.25, 0.3) is 0 Å². The van der Waals surface area contributed by atoms with Gasteiger partial charge < -0.3 is 9.88 Å². The SMILES string of the molecule is Cc1ccc(NC(=O)[C@H]2c3c(ncn3C(C)C)CCN2Cc2ccccc2)cc1Cl. The molecule has 5 nitrogen and oxygen atoms in total. The van der Waals surface area contributed by atoms with Gasteiger partial charge in [-0.1, -0.05) is 48.0 Å². The summed E-state index contributed by atoms with van der Waals surface area (Å²) in [7, 11) is 0. The Morgan fingerprint density at radius 3 is 2.70 bits per heavy atom. The van der Waals surface area contributed by atoms with Gasteiger partial charge in [-0.3, -0.25) is 9.69 Å². The van der Waals surface area contributed by atoms with E-state index in [1.165, 1.54) is 5.56 Å². The Kier molecular flexibility index (Phi) is 5.93. The molecule has 3 aromatic rings. The van der Waals surface area contributed by atoms with Crippen molar-refractivity contribution in [2.75, 3.05) is 11.9 Å². The zero-order chi connectivity index (χ0) is 21.3. The number of hydrogen-bond acceptors (Lipinski definition) is 3. The van der Waals surface area contributed by atoms with E-state index in [0.717, 1.165) is 29.9 Å². The number of carbonyl (C=O) groups is 1. The molecule has 4 rings (SSSR count). The minimum Gasteiger partial charge on any atom is -0.330 e. The van der Waals surface area contributed by atoms with Gasteiger partial charge in [0.05, 0.1) is 17.7 Å². The van der Waals surface area contributed by atoms with E-state index in [-0.39, 0.29) is 11.9 Å². The maximum Gasteiger partial charge on any atom is 0.247 e. The predicted octanol–water partition coefficient (Wildman–Crippen LogP) is 5.16. The van der Waals surface area contributed by atoms with Crippen LogP contribution in [0.3, 0.4) is 0 Å². The molecule has 0 radical (unpaired) electrons. The summed E-state index contributed by atoms with van der Waals surface area (Å²) < 4.78 is 2.12. The summed E-state index contributed by atoms with van der Waals surface area (Å²) in [6.07, 6.45) is 2.70. The number of hydrogen-bond donors (Lipinski definition) is 1. The van der Waals surface area contributed by atoms with E-state index in [9.17, 15) is 4.79 Å². The summed E-state index contributed by atoms with van der Waals surface area (Å²) in [5, 5.41) is 3.73. The number of aryl methyl sites for hydroxylation is 1. The maximum atomic E-state index is 13.6. The van der Waals surface area contributed by atoms with E-state index in [0.29, 0.717) is 17.3 Å². The summed E-state index contributed by atoms with van der Waals surface area (Å²) in [5.74, 6) is -0.0609. The molecule has 2 heterocycles. The van der Waals surface area contributed by atoms with Crippen LogP contribution in [0.5, 0.6) is 0 Å². The van der Waals surface area contributed by atoms with Crippen LogP contribution in [-0.4, -0.2) is 26.9 Å². The number of halogens is 1. The number of fused-ring (bicyclic) bond motifs is 1. The molecule has 156 valence electrons. The summed E-state index contributed by atoms with van der Waals surface area (Å²) in [5.41, 5.74) is 4.88. The first kappa shape index (κ1) is 20.6. The molecule has 1 aromatic heterocycles. The van der Waals surface area contributed by atoms with Gasteiger partial charge in [-0.25, -0.2) is 4.98 Å². The molecule has 0 aliphatic carbocycles. The molecule has 1 amide bonds. The van der Waals surface area contributed by atoms with Crippen molar-refractivity contribution in [3.05, 3.63) is 82.4 Å². The van der Waals surface area contributed by atoms with Crippen molar-refractivity contribution >= 4 is 23.2 Å². The van der Waals surface area contributed by atoms with Crippen LogP contribution in [0.2, 0.25) is 5.02 Å². The quantitative estimate of drug-likeness (QED) is 0.617. The van der Waals surface area contributed by atoms with Crippen molar-refractivity contribution in [1.29, 1.82) is 0 Å². The van der Waals surface area contributed by atoms with Crippen molar-refractivity contribution < 1.29 is 4.79 Å². The Hall–Kier alpha value is -2.63. The molecular weight excluding hydrogens is 396 g/mol. The van der Waals surface area contributed by atoms with E-state index in [4.69, 9.17) is 11.6 Å². The van der Waals surface area contributed by atoms with Gasteiger partial charge in [-0.2, -0.15) is 0 Å². The average molecular weight is 423 g/mol. The minimum absolute atomic E-state index is 0.0609. The van der Waals surface area contributed by atoms with Gasteiger partial charge in [0, 0.05) is 36.3 Å². The van der Waals surface area contributed by atoms with E-state index in [1.54, 1.807) is 6.07 Å². The number of aromatic nitrogens is 2. The summed E-state index contributed by atoms with van der Waals surface area (Å²) >= 11 is 6.27. The molecule has 1 N–H and O–H groups in total. The smallest absolute Gasteiger partial charge is 0.247 e. The second-order valence-corrected chi connectivity index (χ2v) is 8.55. The van der Waals surface area contributed by atoms with Crippen LogP contribution in [0.15, 0.2) is 54.9 Å². The van der Waals surface area contributed by atoms with Crippen LogP contribution < -0.4 is 5.32 Å². The Morgan fingerprint density at radius 2 is 2.00 bits per heavy atom. The predicted molar refractivity (Wildman–Crippen MR) is 121 cm³/mol. The summed E-state index contributed by atoms with van der Waals surface area (Å²) in [4.78, 5) is 20.4. The van der Waals surface area contributed by atoms with Crippen molar-refractivity contribution in [1.82, 2.24) is 14.5 Å². The molecule has 0 saturated carbocycles. The zero-order valence-electron chi connectivity index (χ0n) is 17.6. The first-order valence-electron chi connectivity index (χ1n) is 10.3. The molecule has 0 saturated heterocycles. The second-order valence-electron chi connectivity index (χ2n) is 8.14. The van der Waals surface area contributed by atoms with E-state index in [2.05, 4.69) is 45.7 Å². The summed E-state index contributed by atoms with van der Waals surface area (Å²) in [6, 6.07) is 15.7. The molecule has 0 spiro atoms. The van der Waals surface area contributed by atoms with Crippen LogP contribution in [0, 0.1) is 6.92 Å². The number of nitrogens with one attached hydrogen (secondary N) is 1. The zero-order valence-corrected chi connectivity index (χ0v) is 18.4. The lowest BCUT2D eigenvalue weighted by Crippen LogP contribution is -2.42. The average Bonchev–Trinajstić information content (AvgIpc) is 3.15. The number of nitrogens with zero attached hydrogens (tertiary/aromatic N) is 3. The first-order valence-corrected chi connectivity index (χ1v) is 10.7. The lowest BCUT2D eigenvalue weighted by atomic mass is 9.99. The van der Waals surface area contributed by atoms with Crippen LogP contribution in [0.4, 0.5) is 5.69 Å². The van der Waals surface area contributed by atoms with Crippen molar-refractivity contribution in [2.45, 2.75) is 45.8 Å². The third-order valence-electron chi connectivity index (χ3n) is 5.64. The van der Waals surface area contributed by atoms with Gasteiger partial charge in [0.15, 0.2) is 0 Å². The fourth-order valence-corrected chi connectivity index (χ4v) is 4.20. The van der Waals surface area contributed by atoms with Gasteiger partial charge >= 0.3 is 0 Å². The van der Waals surface area contributed by atoms with Crippen molar-refractivity contribution in [3.8, 4) is 0 Å². The highest BCUT2D eigenvalue weighted by atomic mass is 35.5. The Bertz CT molecular complexity index is 1040.